The predicted molar refractivity (Wildman–Crippen MR) is 65.8 cm³/mol. The molecular formula is C12H16N4O2. The molecule has 2 heterocycles. The summed E-state index contributed by atoms with van der Waals surface area (Å²) in [6, 6.07) is 0. The fourth-order valence-electron chi connectivity index (χ4n) is 1.95. The van der Waals surface area contributed by atoms with Crippen LogP contribution in [0.15, 0.2) is 18.7 Å². The highest BCUT2D eigenvalue weighted by Crippen LogP contribution is 2.22. The summed E-state index contributed by atoms with van der Waals surface area (Å²) in [4.78, 5) is 33.5. The molecule has 1 aromatic heterocycles. The van der Waals surface area contributed by atoms with Gasteiger partial charge in [0.1, 0.15) is 11.9 Å². The van der Waals surface area contributed by atoms with Gasteiger partial charge in [0.15, 0.2) is 0 Å². The van der Waals surface area contributed by atoms with Crippen LogP contribution in [0.2, 0.25) is 0 Å². The van der Waals surface area contributed by atoms with Crippen molar-refractivity contribution in [1.29, 1.82) is 0 Å². The Labute approximate surface area is 105 Å². The fraction of sp³-hybridized carbons (Fsp3) is 0.500. The van der Waals surface area contributed by atoms with Crippen molar-refractivity contribution in [3.63, 3.8) is 0 Å². The van der Waals surface area contributed by atoms with Crippen LogP contribution in [0.1, 0.15) is 26.7 Å². The summed E-state index contributed by atoms with van der Waals surface area (Å²) < 4.78 is 0. The third-order valence-corrected chi connectivity index (χ3v) is 3.26. The summed E-state index contributed by atoms with van der Waals surface area (Å²) in [6.07, 6.45) is 5.40. The molecule has 0 spiro atoms. The van der Waals surface area contributed by atoms with Gasteiger partial charge < -0.3 is 10.2 Å². The number of nitrogens with one attached hydrogen (secondary N) is 1. The van der Waals surface area contributed by atoms with E-state index < -0.39 is 5.54 Å². The van der Waals surface area contributed by atoms with Crippen LogP contribution in [0.3, 0.4) is 0 Å². The molecule has 2 rings (SSSR count). The van der Waals surface area contributed by atoms with Crippen LogP contribution in [0.25, 0.3) is 0 Å². The first-order chi connectivity index (χ1) is 8.57. The number of amides is 2. The van der Waals surface area contributed by atoms with Crippen LogP contribution in [0.4, 0.5) is 5.69 Å². The summed E-state index contributed by atoms with van der Waals surface area (Å²) >= 11 is 0. The lowest BCUT2D eigenvalue weighted by Crippen LogP contribution is -2.54. The lowest BCUT2D eigenvalue weighted by Gasteiger charge is -2.30. The number of hydrogen-bond acceptors (Lipinski definition) is 4. The maximum Gasteiger partial charge on any atom is 0.252 e. The van der Waals surface area contributed by atoms with Gasteiger partial charge in [-0.05, 0) is 13.3 Å². The Morgan fingerprint density at radius 3 is 2.67 bits per heavy atom. The number of carbonyl (C=O) groups is 2. The molecule has 1 N–H and O–H groups in total. The van der Waals surface area contributed by atoms with Crippen LogP contribution < -0.4 is 10.2 Å². The van der Waals surface area contributed by atoms with Crippen molar-refractivity contribution in [2.24, 2.45) is 0 Å². The summed E-state index contributed by atoms with van der Waals surface area (Å²) in [6.45, 7) is 3.98. The monoisotopic (exact) mass is 248 g/mol. The van der Waals surface area contributed by atoms with Crippen molar-refractivity contribution < 1.29 is 9.59 Å². The van der Waals surface area contributed by atoms with Gasteiger partial charge in [0.25, 0.3) is 5.91 Å². The highest BCUT2D eigenvalue weighted by Gasteiger charge is 2.39. The average molecular weight is 248 g/mol. The number of anilines is 1. The van der Waals surface area contributed by atoms with Gasteiger partial charge in [-0.25, -0.2) is 9.97 Å². The minimum absolute atomic E-state index is 0.105. The van der Waals surface area contributed by atoms with Crippen molar-refractivity contribution >= 4 is 17.5 Å². The van der Waals surface area contributed by atoms with Gasteiger partial charge in [-0.3, -0.25) is 9.59 Å². The Balaban J connectivity index is 2.36. The summed E-state index contributed by atoms with van der Waals surface area (Å²) in [7, 11) is 0. The van der Waals surface area contributed by atoms with E-state index in [0.717, 1.165) is 0 Å². The minimum Gasteiger partial charge on any atom is -0.342 e. The second-order valence-corrected chi connectivity index (χ2v) is 4.54. The van der Waals surface area contributed by atoms with E-state index in [1.165, 1.54) is 6.33 Å². The molecule has 0 aliphatic carbocycles. The molecule has 1 saturated heterocycles. The summed E-state index contributed by atoms with van der Waals surface area (Å²) in [5.41, 5.74) is -0.234. The van der Waals surface area contributed by atoms with Gasteiger partial charge in [0.05, 0.1) is 18.1 Å². The molecule has 0 aromatic carbocycles. The van der Waals surface area contributed by atoms with E-state index in [0.29, 0.717) is 18.7 Å². The maximum absolute atomic E-state index is 12.5. The molecule has 1 unspecified atom stereocenters. The van der Waals surface area contributed by atoms with E-state index >= 15 is 0 Å². The smallest absolute Gasteiger partial charge is 0.252 e. The average Bonchev–Trinajstić information content (AvgIpc) is 2.50. The van der Waals surface area contributed by atoms with Crippen molar-refractivity contribution in [2.75, 3.05) is 11.4 Å². The number of nitrogens with zero attached hydrogens (tertiary/aromatic N) is 3. The van der Waals surface area contributed by atoms with Crippen LogP contribution in [-0.4, -0.2) is 33.9 Å². The largest absolute Gasteiger partial charge is 0.342 e. The van der Waals surface area contributed by atoms with Crippen LogP contribution in [0, 0.1) is 0 Å². The van der Waals surface area contributed by atoms with Crippen molar-refractivity contribution in [2.45, 2.75) is 32.2 Å². The Morgan fingerprint density at radius 2 is 2.06 bits per heavy atom. The molecule has 1 atom stereocenters. The van der Waals surface area contributed by atoms with Gasteiger partial charge >= 0.3 is 0 Å². The highest BCUT2D eigenvalue weighted by atomic mass is 16.2. The van der Waals surface area contributed by atoms with Gasteiger partial charge in [-0.1, -0.05) is 6.92 Å². The number of hydrogen-bond donors (Lipinski definition) is 1. The van der Waals surface area contributed by atoms with Gasteiger partial charge in [0, 0.05) is 13.0 Å². The standard InChI is InChI=1S/C12H16N4O2/c1-3-12(2)11(18)16(5-4-10(17)15-12)9-6-13-8-14-7-9/h6-8H,3-5H2,1-2H3,(H,15,17). The second kappa shape index (κ2) is 4.72. The molecule has 6 heteroatoms. The first-order valence-electron chi connectivity index (χ1n) is 5.95. The molecule has 0 bridgehead atoms. The molecule has 2 amide bonds. The van der Waals surface area contributed by atoms with Gasteiger partial charge in [-0.2, -0.15) is 0 Å². The molecule has 1 aromatic rings. The Hall–Kier alpha value is -1.98. The molecule has 6 nitrogen and oxygen atoms in total. The maximum atomic E-state index is 12.5. The third-order valence-electron chi connectivity index (χ3n) is 3.26. The topological polar surface area (TPSA) is 75.2 Å². The molecular weight excluding hydrogens is 232 g/mol. The van der Waals surface area contributed by atoms with Crippen LogP contribution in [0.5, 0.6) is 0 Å². The minimum atomic E-state index is -0.858. The first-order valence-corrected chi connectivity index (χ1v) is 5.95. The molecule has 1 aliphatic rings. The Kier molecular flexibility index (Phi) is 3.27. The zero-order chi connectivity index (χ0) is 13.2. The number of rotatable bonds is 2. The zero-order valence-corrected chi connectivity index (χ0v) is 10.5. The predicted octanol–water partition coefficient (Wildman–Crippen LogP) is 0.498. The zero-order valence-electron chi connectivity index (χ0n) is 10.5. The van der Waals surface area contributed by atoms with Crippen molar-refractivity contribution in [1.82, 2.24) is 15.3 Å². The Bertz CT molecular complexity index is 462. The lowest BCUT2D eigenvalue weighted by molar-refractivity contribution is -0.129. The summed E-state index contributed by atoms with van der Waals surface area (Å²) in [5, 5.41) is 2.78. The van der Waals surface area contributed by atoms with Crippen molar-refractivity contribution in [3.8, 4) is 0 Å². The lowest BCUT2D eigenvalue weighted by atomic mass is 9.97. The number of carbonyl (C=O) groups excluding carboxylic acids is 2. The van der Waals surface area contributed by atoms with Gasteiger partial charge in [0.2, 0.25) is 5.91 Å². The normalized spacial score (nSPS) is 24.7. The quantitative estimate of drug-likeness (QED) is 0.827. The molecule has 96 valence electrons. The number of aromatic nitrogens is 2. The van der Waals surface area contributed by atoms with E-state index in [1.54, 1.807) is 24.2 Å². The van der Waals surface area contributed by atoms with E-state index in [1.807, 2.05) is 6.92 Å². The fourth-order valence-corrected chi connectivity index (χ4v) is 1.95. The van der Waals surface area contributed by atoms with Crippen LogP contribution >= 0.6 is 0 Å². The van der Waals surface area contributed by atoms with Gasteiger partial charge in [-0.15, -0.1) is 0 Å². The van der Waals surface area contributed by atoms with Crippen LogP contribution in [-0.2, 0) is 9.59 Å². The molecule has 0 radical (unpaired) electrons. The highest BCUT2D eigenvalue weighted by molar-refractivity contribution is 6.03. The van der Waals surface area contributed by atoms with Crippen molar-refractivity contribution in [3.05, 3.63) is 18.7 Å². The molecule has 1 fully saturated rings. The summed E-state index contributed by atoms with van der Waals surface area (Å²) in [5.74, 6) is -0.224. The Morgan fingerprint density at radius 1 is 1.39 bits per heavy atom. The first kappa shape index (κ1) is 12.5. The third kappa shape index (κ3) is 2.18. The van der Waals surface area contributed by atoms with E-state index in [2.05, 4.69) is 15.3 Å². The molecule has 0 saturated carbocycles. The van der Waals surface area contributed by atoms with E-state index in [-0.39, 0.29) is 18.2 Å². The van der Waals surface area contributed by atoms with E-state index in [9.17, 15) is 9.59 Å². The van der Waals surface area contributed by atoms with E-state index in [4.69, 9.17) is 0 Å². The second-order valence-electron chi connectivity index (χ2n) is 4.54. The molecule has 1 aliphatic heterocycles. The molecule has 18 heavy (non-hydrogen) atoms. The SMILES string of the molecule is CCC1(C)NC(=O)CCN(c2cncnc2)C1=O.